The second-order valence-electron chi connectivity index (χ2n) is 2.31. The predicted octanol–water partition coefficient (Wildman–Crippen LogP) is 2.14. The Kier molecular flexibility index (Phi) is 3.34. The Bertz CT molecular complexity index is 450. The van der Waals surface area contributed by atoms with Gasteiger partial charge in [0.1, 0.15) is 11.8 Å². The summed E-state index contributed by atoms with van der Waals surface area (Å²) in [7, 11) is 1.52. The third-order valence-corrected chi connectivity index (χ3v) is 3.49. The average Bonchev–Trinajstić information content (AvgIpc) is 2.71. The lowest BCUT2D eigenvalue weighted by atomic mass is 10.6. The largest absolute Gasteiger partial charge is 0.491 e. The van der Waals surface area contributed by atoms with Gasteiger partial charge in [-0.25, -0.2) is 9.97 Å². The van der Waals surface area contributed by atoms with Gasteiger partial charge < -0.3 is 4.74 Å². The minimum Gasteiger partial charge on any atom is -0.491 e. The maximum Gasteiger partial charge on any atom is 0.189 e. The first kappa shape index (κ1) is 10.6. The van der Waals surface area contributed by atoms with Gasteiger partial charge in [-0.15, -0.1) is 10.2 Å². The van der Waals surface area contributed by atoms with Crippen LogP contribution in [0.2, 0.25) is 5.15 Å². The fraction of sp³-hybridized carbons (Fsp3) is 0.143. The topological polar surface area (TPSA) is 60.8 Å². The number of rotatable bonds is 3. The van der Waals surface area contributed by atoms with Crippen LogP contribution >= 0.6 is 34.7 Å². The van der Waals surface area contributed by atoms with E-state index in [9.17, 15) is 0 Å². The molecule has 0 N–H and O–H groups in total. The molecule has 0 atom stereocenters. The highest BCUT2D eigenvalue weighted by molar-refractivity contribution is 8.01. The van der Waals surface area contributed by atoms with Crippen LogP contribution in [0.5, 0.6) is 5.75 Å². The van der Waals surface area contributed by atoms with E-state index in [1.807, 2.05) is 0 Å². The van der Waals surface area contributed by atoms with E-state index in [2.05, 4.69) is 20.2 Å². The molecule has 15 heavy (non-hydrogen) atoms. The van der Waals surface area contributed by atoms with Crippen LogP contribution < -0.4 is 4.74 Å². The van der Waals surface area contributed by atoms with Gasteiger partial charge >= 0.3 is 0 Å². The molecule has 0 aliphatic heterocycles. The highest BCUT2D eigenvalue weighted by atomic mass is 35.5. The molecule has 0 fully saturated rings. The highest BCUT2D eigenvalue weighted by Crippen LogP contribution is 2.36. The molecule has 0 unspecified atom stereocenters. The second-order valence-corrected chi connectivity index (χ2v) is 4.74. The fourth-order valence-electron chi connectivity index (χ4n) is 0.872. The molecule has 0 bridgehead atoms. The number of halogens is 1. The van der Waals surface area contributed by atoms with Crippen molar-refractivity contribution in [1.82, 2.24) is 20.2 Å². The fourth-order valence-corrected chi connectivity index (χ4v) is 2.60. The third kappa shape index (κ3) is 2.36. The number of aromatic nitrogens is 4. The lowest BCUT2D eigenvalue weighted by Crippen LogP contribution is -1.92. The zero-order chi connectivity index (χ0) is 10.7. The number of nitrogens with zero attached hydrogens (tertiary/aromatic N) is 4. The van der Waals surface area contributed by atoms with E-state index in [0.717, 1.165) is 4.34 Å². The lowest BCUT2D eigenvalue weighted by Gasteiger charge is -2.05. The zero-order valence-electron chi connectivity index (χ0n) is 7.55. The first-order chi connectivity index (χ1) is 7.31. The number of hydrogen-bond donors (Lipinski definition) is 0. The van der Waals surface area contributed by atoms with Crippen molar-refractivity contribution in [2.24, 2.45) is 0 Å². The SMILES string of the molecule is COc1c(Cl)ncnc1Sc1nncs1. The van der Waals surface area contributed by atoms with Gasteiger partial charge in [0.25, 0.3) is 0 Å². The van der Waals surface area contributed by atoms with Gasteiger partial charge in [0, 0.05) is 0 Å². The Hall–Kier alpha value is -0.920. The van der Waals surface area contributed by atoms with Crippen LogP contribution in [0.15, 0.2) is 21.2 Å². The molecule has 0 amide bonds. The minimum absolute atomic E-state index is 0.291. The Morgan fingerprint density at radius 3 is 3.00 bits per heavy atom. The molecule has 0 radical (unpaired) electrons. The molecule has 0 aliphatic rings. The summed E-state index contributed by atoms with van der Waals surface area (Å²) in [5.74, 6) is 0.458. The summed E-state index contributed by atoms with van der Waals surface area (Å²) in [5, 5.41) is 8.54. The van der Waals surface area contributed by atoms with Gasteiger partial charge in [-0.3, -0.25) is 0 Å². The van der Waals surface area contributed by atoms with E-state index in [0.29, 0.717) is 15.9 Å². The van der Waals surface area contributed by atoms with Crippen molar-refractivity contribution in [1.29, 1.82) is 0 Å². The van der Waals surface area contributed by atoms with E-state index in [1.165, 1.54) is 36.5 Å². The first-order valence-corrected chi connectivity index (χ1v) is 5.87. The van der Waals surface area contributed by atoms with Crippen LogP contribution in [0.1, 0.15) is 0 Å². The van der Waals surface area contributed by atoms with Crippen molar-refractivity contribution in [2.75, 3.05) is 7.11 Å². The van der Waals surface area contributed by atoms with Crippen LogP contribution in [-0.4, -0.2) is 27.3 Å². The lowest BCUT2D eigenvalue weighted by molar-refractivity contribution is 0.398. The van der Waals surface area contributed by atoms with Crippen molar-refractivity contribution in [3.05, 3.63) is 17.0 Å². The average molecular weight is 261 g/mol. The molecule has 0 aromatic carbocycles. The summed E-state index contributed by atoms with van der Waals surface area (Å²) in [4.78, 5) is 7.89. The van der Waals surface area contributed by atoms with Gasteiger partial charge in [0.15, 0.2) is 20.3 Å². The van der Waals surface area contributed by atoms with Gasteiger partial charge in [-0.1, -0.05) is 22.9 Å². The molecule has 0 aliphatic carbocycles. The summed E-state index contributed by atoms with van der Waals surface area (Å²) in [6, 6.07) is 0. The molecular formula is C7H5ClN4OS2. The van der Waals surface area contributed by atoms with Crippen LogP contribution in [0.3, 0.4) is 0 Å². The van der Waals surface area contributed by atoms with E-state index >= 15 is 0 Å². The molecule has 0 saturated carbocycles. The molecule has 2 aromatic rings. The first-order valence-electron chi connectivity index (χ1n) is 3.79. The van der Waals surface area contributed by atoms with Crippen molar-refractivity contribution >= 4 is 34.7 Å². The predicted molar refractivity (Wildman–Crippen MR) is 57.6 cm³/mol. The summed E-state index contributed by atoms with van der Waals surface area (Å²) in [6.45, 7) is 0. The smallest absolute Gasteiger partial charge is 0.189 e. The zero-order valence-corrected chi connectivity index (χ0v) is 9.94. The highest BCUT2D eigenvalue weighted by Gasteiger charge is 2.12. The minimum atomic E-state index is 0.291. The Balaban J connectivity index is 2.32. The molecule has 2 rings (SSSR count). The molecule has 5 nitrogen and oxygen atoms in total. The van der Waals surface area contributed by atoms with E-state index < -0.39 is 0 Å². The van der Waals surface area contributed by atoms with Gasteiger partial charge in [0.05, 0.1) is 7.11 Å². The molecule has 2 aromatic heterocycles. The molecule has 0 spiro atoms. The Morgan fingerprint density at radius 1 is 1.47 bits per heavy atom. The monoisotopic (exact) mass is 260 g/mol. The van der Waals surface area contributed by atoms with Crippen LogP contribution in [0.25, 0.3) is 0 Å². The third-order valence-electron chi connectivity index (χ3n) is 1.46. The van der Waals surface area contributed by atoms with Crippen molar-refractivity contribution < 1.29 is 4.74 Å². The molecular weight excluding hydrogens is 256 g/mol. The molecule has 2 heterocycles. The number of hydrogen-bond acceptors (Lipinski definition) is 7. The summed E-state index contributed by atoms with van der Waals surface area (Å²) < 4.78 is 5.88. The van der Waals surface area contributed by atoms with E-state index in [4.69, 9.17) is 16.3 Å². The summed E-state index contributed by atoms with van der Waals surface area (Å²) >= 11 is 8.62. The number of methoxy groups -OCH3 is 1. The Morgan fingerprint density at radius 2 is 2.33 bits per heavy atom. The van der Waals surface area contributed by atoms with E-state index in [-0.39, 0.29) is 0 Å². The summed E-state index contributed by atoms with van der Waals surface area (Å²) in [6.07, 6.45) is 1.38. The van der Waals surface area contributed by atoms with Gasteiger partial charge in [0.2, 0.25) is 0 Å². The molecule has 78 valence electrons. The quantitative estimate of drug-likeness (QED) is 0.788. The molecule has 0 saturated heterocycles. The van der Waals surface area contributed by atoms with Crippen LogP contribution in [0.4, 0.5) is 0 Å². The standard InChI is InChI=1S/C7H5ClN4OS2/c1-13-4-5(8)9-2-10-6(4)15-7-12-11-3-14-7/h2-3H,1H3. The Labute approximate surface area is 98.9 Å². The maximum absolute atomic E-state index is 5.85. The normalized spacial score (nSPS) is 10.3. The van der Waals surface area contributed by atoms with Crippen LogP contribution in [-0.2, 0) is 0 Å². The van der Waals surface area contributed by atoms with E-state index in [1.54, 1.807) is 5.51 Å². The number of ether oxygens (including phenoxy) is 1. The van der Waals surface area contributed by atoms with Crippen molar-refractivity contribution in [3.8, 4) is 5.75 Å². The maximum atomic E-state index is 5.85. The summed E-state index contributed by atoms with van der Waals surface area (Å²) in [5.41, 5.74) is 1.65. The van der Waals surface area contributed by atoms with Crippen molar-refractivity contribution in [3.63, 3.8) is 0 Å². The van der Waals surface area contributed by atoms with Crippen LogP contribution in [0, 0.1) is 0 Å². The van der Waals surface area contributed by atoms with Crippen molar-refractivity contribution in [2.45, 2.75) is 9.37 Å². The van der Waals surface area contributed by atoms with Gasteiger partial charge in [-0.2, -0.15) is 0 Å². The van der Waals surface area contributed by atoms with Gasteiger partial charge in [-0.05, 0) is 11.8 Å². The molecule has 8 heteroatoms. The second kappa shape index (κ2) is 4.73.